The van der Waals surface area contributed by atoms with Crippen LogP contribution in [0.25, 0.3) is 0 Å². The molecular weight excluding hydrogens is 428 g/mol. The van der Waals surface area contributed by atoms with Crippen LogP contribution >= 0.6 is 23.4 Å². The predicted molar refractivity (Wildman–Crippen MR) is 127 cm³/mol. The van der Waals surface area contributed by atoms with Gasteiger partial charge in [0.05, 0.1) is 5.03 Å². The van der Waals surface area contributed by atoms with Crippen LogP contribution in [0.1, 0.15) is 47.1 Å². The highest BCUT2D eigenvalue weighted by Crippen LogP contribution is 2.48. The van der Waals surface area contributed by atoms with Crippen molar-refractivity contribution >= 4 is 35.0 Å². The average Bonchev–Trinajstić information content (AvgIpc) is 3.48. The molecule has 0 spiro atoms. The minimum Gasteiger partial charge on any atom is -0.324 e. The van der Waals surface area contributed by atoms with Crippen LogP contribution in [0.2, 0.25) is 5.02 Å². The van der Waals surface area contributed by atoms with Gasteiger partial charge in [-0.2, -0.15) is 0 Å². The Hall–Kier alpha value is -2.50. The number of thioether (sulfide) groups is 1. The Morgan fingerprint density at radius 2 is 1.84 bits per heavy atom. The molecule has 1 aliphatic carbocycles. The highest BCUT2D eigenvalue weighted by Gasteiger charge is 2.37. The molecule has 0 unspecified atom stereocenters. The monoisotopic (exact) mass is 450 g/mol. The summed E-state index contributed by atoms with van der Waals surface area (Å²) in [6.07, 6.45) is 2.98. The number of halogens is 1. The summed E-state index contributed by atoms with van der Waals surface area (Å²) >= 11 is 7.66. The number of amides is 1. The van der Waals surface area contributed by atoms with Gasteiger partial charge >= 0.3 is 0 Å². The minimum absolute atomic E-state index is 0.0996. The predicted octanol–water partition coefficient (Wildman–Crippen LogP) is 5.56. The molecule has 1 N–H and O–H groups in total. The van der Waals surface area contributed by atoms with Gasteiger partial charge in [0.15, 0.2) is 0 Å². The molecule has 0 saturated heterocycles. The summed E-state index contributed by atoms with van der Waals surface area (Å²) in [6.45, 7) is 2.01. The van der Waals surface area contributed by atoms with E-state index in [1.54, 1.807) is 22.4 Å². The van der Waals surface area contributed by atoms with Crippen molar-refractivity contribution in [3.05, 3.63) is 92.2 Å². The van der Waals surface area contributed by atoms with Crippen LogP contribution in [-0.4, -0.2) is 16.2 Å². The first-order valence-corrected chi connectivity index (χ1v) is 11.9. The lowest BCUT2D eigenvalue weighted by Gasteiger charge is -2.18. The third-order valence-electron chi connectivity index (χ3n) is 5.94. The zero-order valence-electron chi connectivity index (χ0n) is 17.2. The van der Waals surface area contributed by atoms with E-state index in [9.17, 15) is 9.59 Å². The molecule has 31 heavy (non-hydrogen) atoms. The van der Waals surface area contributed by atoms with E-state index >= 15 is 0 Å². The molecule has 2 aromatic carbocycles. The first kappa shape index (κ1) is 20.4. The van der Waals surface area contributed by atoms with Crippen LogP contribution in [0.15, 0.2) is 64.4 Å². The van der Waals surface area contributed by atoms with Crippen LogP contribution in [0.5, 0.6) is 0 Å². The zero-order valence-corrected chi connectivity index (χ0v) is 18.8. The fourth-order valence-corrected chi connectivity index (χ4v) is 5.72. The smallest absolute Gasteiger partial charge is 0.252 e. The zero-order chi connectivity index (χ0) is 21.5. The Morgan fingerprint density at radius 3 is 2.52 bits per heavy atom. The van der Waals surface area contributed by atoms with Crippen LogP contribution in [0.4, 0.5) is 5.69 Å². The Morgan fingerprint density at radius 1 is 1.13 bits per heavy atom. The molecule has 0 bridgehead atoms. The summed E-state index contributed by atoms with van der Waals surface area (Å²) in [5, 5.41) is 4.66. The van der Waals surface area contributed by atoms with Crippen molar-refractivity contribution in [3.63, 3.8) is 0 Å². The van der Waals surface area contributed by atoms with E-state index in [1.165, 1.54) is 5.56 Å². The van der Waals surface area contributed by atoms with Crippen molar-refractivity contribution in [3.8, 4) is 0 Å². The summed E-state index contributed by atoms with van der Waals surface area (Å²) in [4.78, 5) is 26.2. The first-order valence-electron chi connectivity index (χ1n) is 10.5. The van der Waals surface area contributed by atoms with E-state index in [1.807, 2.05) is 55.5 Å². The standard InChI is InChI=1S/C25H23ClN2O2S/c1-15-2-10-20(11-3-15)27-24(30)21-14-31-25-23(17-6-7-17)18(13-22(29)28(21)25)12-16-4-8-19(26)9-5-16/h2-5,8-11,13,17,21H,6-7,12,14H2,1H3,(H,27,30)/t21-/m0/s1. The molecular formula is C25H23ClN2O2S. The molecule has 158 valence electrons. The molecule has 4 nitrogen and oxygen atoms in total. The van der Waals surface area contributed by atoms with Gasteiger partial charge in [0.25, 0.3) is 5.56 Å². The van der Waals surface area contributed by atoms with Gasteiger partial charge in [-0.1, -0.05) is 41.4 Å². The molecule has 5 rings (SSSR count). The summed E-state index contributed by atoms with van der Waals surface area (Å²) < 4.78 is 1.72. The SMILES string of the molecule is Cc1ccc(NC(=O)[C@@H]2CSc3c(C4CC4)c(Cc4ccc(Cl)cc4)cc(=O)n32)cc1. The molecule has 0 radical (unpaired) electrons. The summed E-state index contributed by atoms with van der Waals surface area (Å²) in [7, 11) is 0. The maximum atomic E-state index is 13.1. The van der Waals surface area contributed by atoms with Gasteiger partial charge in [-0.25, -0.2) is 0 Å². The molecule has 2 aliphatic rings. The Bertz CT molecular complexity index is 1200. The number of carbonyl (C=O) groups is 1. The molecule has 2 heterocycles. The second kappa shape index (κ2) is 8.21. The third kappa shape index (κ3) is 4.17. The molecule has 1 aromatic heterocycles. The fourth-order valence-electron chi connectivity index (χ4n) is 4.17. The van der Waals surface area contributed by atoms with Crippen molar-refractivity contribution < 1.29 is 4.79 Å². The average molecular weight is 451 g/mol. The second-order valence-corrected chi connectivity index (χ2v) is 9.80. The fraction of sp³-hybridized carbons (Fsp3) is 0.280. The van der Waals surface area contributed by atoms with Crippen LogP contribution in [-0.2, 0) is 11.2 Å². The Kier molecular flexibility index (Phi) is 5.40. The summed E-state index contributed by atoms with van der Waals surface area (Å²) in [5.41, 5.74) is 5.25. The molecule has 3 aromatic rings. The molecule has 1 atom stereocenters. The van der Waals surface area contributed by atoms with Gasteiger partial charge < -0.3 is 5.32 Å². The quantitative estimate of drug-likeness (QED) is 0.553. The van der Waals surface area contributed by atoms with Crippen molar-refractivity contribution in [2.45, 2.75) is 43.2 Å². The molecule has 1 saturated carbocycles. The van der Waals surface area contributed by atoms with Gasteiger partial charge in [-0.15, -0.1) is 11.8 Å². The van der Waals surface area contributed by atoms with Gasteiger partial charge in [0.1, 0.15) is 6.04 Å². The molecule has 1 fully saturated rings. The summed E-state index contributed by atoms with van der Waals surface area (Å²) in [6, 6.07) is 16.8. The maximum Gasteiger partial charge on any atom is 0.252 e. The number of pyridine rings is 1. The van der Waals surface area contributed by atoms with Crippen molar-refractivity contribution in [1.29, 1.82) is 0 Å². The molecule has 1 amide bonds. The van der Waals surface area contributed by atoms with Gasteiger partial charge in [-0.3, -0.25) is 14.2 Å². The van der Waals surface area contributed by atoms with Crippen molar-refractivity contribution in [2.24, 2.45) is 0 Å². The number of benzene rings is 2. The molecule has 1 aliphatic heterocycles. The Balaban J connectivity index is 1.47. The largest absolute Gasteiger partial charge is 0.324 e. The second-order valence-electron chi connectivity index (χ2n) is 8.36. The van der Waals surface area contributed by atoms with Crippen LogP contribution in [0, 0.1) is 6.92 Å². The van der Waals surface area contributed by atoms with E-state index in [0.717, 1.165) is 40.2 Å². The van der Waals surface area contributed by atoms with E-state index in [-0.39, 0.29) is 11.5 Å². The lowest BCUT2D eigenvalue weighted by atomic mass is 9.98. The lowest BCUT2D eigenvalue weighted by Crippen LogP contribution is -2.33. The van der Waals surface area contributed by atoms with Crippen molar-refractivity contribution in [1.82, 2.24) is 4.57 Å². The van der Waals surface area contributed by atoms with Crippen LogP contribution < -0.4 is 10.9 Å². The number of nitrogens with one attached hydrogen (secondary N) is 1. The highest BCUT2D eigenvalue weighted by atomic mass is 35.5. The van der Waals surface area contributed by atoms with E-state index in [2.05, 4.69) is 5.32 Å². The van der Waals surface area contributed by atoms with E-state index < -0.39 is 6.04 Å². The number of aryl methyl sites for hydroxylation is 1. The van der Waals surface area contributed by atoms with E-state index in [4.69, 9.17) is 11.6 Å². The number of hydrogen-bond donors (Lipinski definition) is 1. The highest BCUT2D eigenvalue weighted by molar-refractivity contribution is 7.99. The third-order valence-corrected chi connectivity index (χ3v) is 7.36. The number of carbonyl (C=O) groups excluding carboxylic acids is 1. The number of fused-ring (bicyclic) bond motifs is 1. The minimum atomic E-state index is -0.490. The number of aromatic nitrogens is 1. The van der Waals surface area contributed by atoms with Crippen molar-refractivity contribution in [2.75, 3.05) is 11.1 Å². The number of nitrogens with zero attached hydrogens (tertiary/aromatic N) is 1. The lowest BCUT2D eigenvalue weighted by molar-refractivity contribution is -0.118. The van der Waals surface area contributed by atoms with Gasteiger partial charge in [0, 0.05) is 22.5 Å². The summed E-state index contributed by atoms with van der Waals surface area (Å²) in [5.74, 6) is 0.928. The number of rotatable bonds is 5. The van der Waals surface area contributed by atoms with E-state index in [0.29, 0.717) is 23.1 Å². The topological polar surface area (TPSA) is 51.1 Å². The van der Waals surface area contributed by atoms with Crippen LogP contribution in [0.3, 0.4) is 0 Å². The number of anilines is 1. The maximum absolute atomic E-state index is 13.1. The normalized spacial score (nSPS) is 17.4. The van der Waals surface area contributed by atoms with Gasteiger partial charge in [-0.05, 0) is 73.1 Å². The first-order chi connectivity index (χ1) is 15.0. The number of hydrogen-bond acceptors (Lipinski definition) is 3. The Labute approximate surface area is 190 Å². The van der Waals surface area contributed by atoms with Gasteiger partial charge in [0.2, 0.25) is 5.91 Å². The molecule has 6 heteroatoms.